The number of aryl methyl sites for hydroxylation is 1. The maximum atomic E-state index is 11.9. The molecule has 0 saturated carbocycles. The topological polar surface area (TPSA) is 108 Å². The zero-order valence-corrected chi connectivity index (χ0v) is 22.0. The number of carbonyl (C=O) groups is 1. The van der Waals surface area contributed by atoms with Gasteiger partial charge in [-0.25, -0.2) is 24.7 Å². The molecule has 1 fully saturated rings. The number of carbonyl (C=O) groups excluding carboxylic acids is 1. The van der Waals surface area contributed by atoms with Crippen molar-refractivity contribution in [3.05, 3.63) is 52.4 Å². The summed E-state index contributed by atoms with van der Waals surface area (Å²) >= 11 is 6.26. The summed E-state index contributed by atoms with van der Waals surface area (Å²) in [4.78, 5) is 35.6. The standard InChI is InChI=1S/C26H31ClN8O2/c1-4-28-26(36)30-19-7-5-18(6-8-19)23-32-22-17(3)35(25-29-16(2)15-21(27)31-25)10-9-20(22)24(33-23)34-11-13-37-14-12-34/h5-8,15,17H,4,9-14H2,1-3H3,(H2,28,30,36)/t17-/m0/s1. The van der Waals surface area contributed by atoms with Gasteiger partial charge in [0.05, 0.1) is 24.9 Å². The molecule has 1 atom stereocenters. The third-order valence-electron chi connectivity index (χ3n) is 6.60. The molecule has 2 aliphatic heterocycles. The van der Waals surface area contributed by atoms with Crippen LogP contribution in [0.5, 0.6) is 0 Å². The molecule has 3 aromatic rings. The molecule has 11 heteroatoms. The zero-order valence-electron chi connectivity index (χ0n) is 21.3. The molecule has 0 unspecified atom stereocenters. The number of benzene rings is 1. The normalized spacial score (nSPS) is 17.4. The minimum atomic E-state index is -0.234. The Bertz CT molecular complexity index is 1260. The van der Waals surface area contributed by atoms with Crippen molar-refractivity contribution in [2.75, 3.05) is 54.5 Å². The number of fused-ring (bicyclic) bond motifs is 1. The molecule has 5 rings (SSSR count). The van der Waals surface area contributed by atoms with Gasteiger partial charge in [-0.1, -0.05) is 11.6 Å². The van der Waals surface area contributed by atoms with Gasteiger partial charge in [0.1, 0.15) is 11.0 Å². The van der Waals surface area contributed by atoms with Crippen LogP contribution in [0, 0.1) is 6.92 Å². The van der Waals surface area contributed by atoms with Crippen molar-refractivity contribution >= 4 is 35.1 Å². The Morgan fingerprint density at radius 1 is 1.11 bits per heavy atom. The minimum Gasteiger partial charge on any atom is -0.378 e. The van der Waals surface area contributed by atoms with E-state index in [2.05, 4.69) is 37.3 Å². The van der Waals surface area contributed by atoms with Gasteiger partial charge in [-0.3, -0.25) is 0 Å². The van der Waals surface area contributed by atoms with E-state index < -0.39 is 0 Å². The molecule has 194 valence electrons. The molecule has 4 heterocycles. The first-order valence-electron chi connectivity index (χ1n) is 12.6. The van der Waals surface area contributed by atoms with Gasteiger partial charge in [-0.05, 0) is 57.5 Å². The van der Waals surface area contributed by atoms with E-state index in [9.17, 15) is 4.79 Å². The largest absolute Gasteiger partial charge is 0.378 e. The minimum absolute atomic E-state index is 0.0677. The van der Waals surface area contributed by atoms with Gasteiger partial charge >= 0.3 is 6.03 Å². The summed E-state index contributed by atoms with van der Waals surface area (Å²) in [6, 6.07) is 9.04. The Hall–Kier alpha value is -3.50. The number of hydrogen-bond donors (Lipinski definition) is 2. The Morgan fingerprint density at radius 3 is 2.57 bits per heavy atom. The van der Waals surface area contributed by atoms with Crippen molar-refractivity contribution in [2.24, 2.45) is 0 Å². The predicted molar refractivity (Wildman–Crippen MR) is 144 cm³/mol. The SMILES string of the molecule is CCNC(=O)Nc1ccc(-c2nc3c(c(N4CCOCC4)n2)CCN(c2nc(C)cc(Cl)n2)[C@H]3C)cc1. The Balaban J connectivity index is 1.52. The van der Waals surface area contributed by atoms with Crippen LogP contribution in [0.25, 0.3) is 11.4 Å². The summed E-state index contributed by atoms with van der Waals surface area (Å²) in [5.74, 6) is 2.21. The summed E-state index contributed by atoms with van der Waals surface area (Å²) in [7, 11) is 0. The lowest BCUT2D eigenvalue weighted by Crippen LogP contribution is -2.41. The second-order valence-electron chi connectivity index (χ2n) is 9.15. The van der Waals surface area contributed by atoms with Crippen LogP contribution < -0.4 is 20.4 Å². The zero-order chi connectivity index (χ0) is 25.9. The number of nitrogens with one attached hydrogen (secondary N) is 2. The van der Waals surface area contributed by atoms with E-state index in [1.807, 2.05) is 38.1 Å². The molecule has 2 amide bonds. The number of amides is 2. The highest BCUT2D eigenvalue weighted by atomic mass is 35.5. The van der Waals surface area contributed by atoms with Crippen molar-refractivity contribution in [3.8, 4) is 11.4 Å². The van der Waals surface area contributed by atoms with Crippen LogP contribution in [0.1, 0.15) is 36.8 Å². The maximum Gasteiger partial charge on any atom is 0.319 e. The number of rotatable bonds is 5. The maximum absolute atomic E-state index is 11.9. The lowest BCUT2D eigenvalue weighted by molar-refractivity contribution is 0.122. The number of aromatic nitrogens is 4. The van der Waals surface area contributed by atoms with E-state index in [1.54, 1.807) is 6.07 Å². The van der Waals surface area contributed by atoms with Crippen molar-refractivity contribution in [1.82, 2.24) is 25.3 Å². The number of hydrogen-bond acceptors (Lipinski definition) is 8. The fourth-order valence-electron chi connectivity index (χ4n) is 4.77. The molecule has 10 nitrogen and oxygen atoms in total. The summed E-state index contributed by atoms with van der Waals surface area (Å²) in [6.07, 6.45) is 0.775. The van der Waals surface area contributed by atoms with Gasteiger partial charge in [0.25, 0.3) is 0 Å². The molecule has 2 aliphatic rings. The Kier molecular flexibility index (Phi) is 7.38. The van der Waals surface area contributed by atoms with Crippen molar-refractivity contribution < 1.29 is 9.53 Å². The fraction of sp³-hybridized carbons (Fsp3) is 0.423. The van der Waals surface area contributed by atoms with Crippen LogP contribution in [0.3, 0.4) is 0 Å². The molecular formula is C26H31ClN8O2. The first-order valence-corrected chi connectivity index (χ1v) is 13.0. The molecule has 0 aliphatic carbocycles. The first-order chi connectivity index (χ1) is 17.9. The summed E-state index contributed by atoms with van der Waals surface area (Å²) in [5.41, 5.74) is 4.52. The highest BCUT2D eigenvalue weighted by molar-refractivity contribution is 6.29. The van der Waals surface area contributed by atoms with Crippen molar-refractivity contribution in [2.45, 2.75) is 33.2 Å². The van der Waals surface area contributed by atoms with Crippen molar-refractivity contribution in [3.63, 3.8) is 0 Å². The third kappa shape index (κ3) is 5.45. The van der Waals surface area contributed by atoms with E-state index in [0.717, 1.165) is 54.4 Å². The molecule has 0 spiro atoms. The Labute approximate surface area is 221 Å². The van der Waals surface area contributed by atoms with Crippen LogP contribution in [0.4, 0.5) is 22.2 Å². The van der Waals surface area contributed by atoms with Gasteiger partial charge in [0.2, 0.25) is 5.95 Å². The van der Waals surface area contributed by atoms with E-state index in [-0.39, 0.29) is 12.1 Å². The molecular weight excluding hydrogens is 492 g/mol. The lowest BCUT2D eigenvalue weighted by atomic mass is 9.98. The number of anilines is 3. The molecule has 0 radical (unpaired) electrons. The van der Waals surface area contributed by atoms with E-state index in [4.69, 9.17) is 26.3 Å². The van der Waals surface area contributed by atoms with Crippen LogP contribution in [-0.4, -0.2) is 65.4 Å². The van der Waals surface area contributed by atoms with Gasteiger partial charge in [-0.2, -0.15) is 0 Å². The van der Waals surface area contributed by atoms with Gasteiger partial charge < -0.3 is 25.2 Å². The fourth-order valence-corrected chi connectivity index (χ4v) is 5.00. The highest BCUT2D eigenvalue weighted by Crippen LogP contribution is 2.37. The van der Waals surface area contributed by atoms with Gasteiger partial charge in [0, 0.05) is 48.7 Å². The van der Waals surface area contributed by atoms with Crippen LogP contribution in [-0.2, 0) is 11.2 Å². The summed E-state index contributed by atoms with van der Waals surface area (Å²) < 4.78 is 5.60. The highest BCUT2D eigenvalue weighted by Gasteiger charge is 2.32. The predicted octanol–water partition coefficient (Wildman–Crippen LogP) is 4.00. The second kappa shape index (κ2) is 10.9. The molecule has 1 saturated heterocycles. The van der Waals surface area contributed by atoms with Gasteiger partial charge in [0.15, 0.2) is 5.82 Å². The van der Waals surface area contributed by atoms with E-state index >= 15 is 0 Å². The monoisotopic (exact) mass is 522 g/mol. The molecule has 2 N–H and O–H groups in total. The third-order valence-corrected chi connectivity index (χ3v) is 6.79. The number of halogens is 1. The molecule has 2 aromatic heterocycles. The summed E-state index contributed by atoms with van der Waals surface area (Å²) in [5, 5.41) is 5.99. The number of urea groups is 1. The lowest BCUT2D eigenvalue weighted by Gasteiger charge is -2.37. The van der Waals surface area contributed by atoms with Gasteiger partial charge in [-0.15, -0.1) is 0 Å². The Morgan fingerprint density at radius 2 is 1.86 bits per heavy atom. The molecule has 37 heavy (non-hydrogen) atoms. The van der Waals surface area contributed by atoms with E-state index in [1.165, 1.54) is 0 Å². The first kappa shape index (κ1) is 25.2. The number of nitrogens with zero attached hydrogens (tertiary/aromatic N) is 6. The van der Waals surface area contributed by atoms with E-state index in [0.29, 0.717) is 42.4 Å². The molecule has 0 bridgehead atoms. The average molecular weight is 523 g/mol. The average Bonchev–Trinajstić information content (AvgIpc) is 2.89. The molecule has 1 aromatic carbocycles. The smallest absolute Gasteiger partial charge is 0.319 e. The summed E-state index contributed by atoms with van der Waals surface area (Å²) in [6.45, 7) is 10.1. The number of morpholine rings is 1. The van der Waals surface area contributed by atoms with Crippen LogP contribution >= 0.6 is 11.6 Å². The van der Waals surface area contributed by atoms with Crippen LogP contribution in [0.15, 0.2) is 30.3 Å². The second-order valence-corrected chi connectivity index (χ2v) is 9.53. The quantitative estimate of drug-likeness (QED) is 0.484. The van der Waals surface area contributed by atoms with Crippen molar-refractivity contribution in [1.29, 1.82) is 0 Å². The van der Waals surface area contributed by atoms with Crippen LogP contribution in [0.2, 0.25) is 5.15 Å². The number of ether oxygens (including phenoxy) is 1.